The lowest BCUT2D eigenvalue weighted by atomic mass is 10.0. The quantitative estimate of drug-likeness (QED) is 0.643. The van der Waals surface area contributed by atoms with Gasteiger partial charge in [0.1, 0.15) is 0 Å². The topological polar surface area (TPSA) is 41.9 Å². The summed E-state index contributed by atoms with van der Waals surface area (Å²) in [5.41, 5.74) is 2.22. The van der Waals surface area contributed by atoms with Crippen LogP contribution >= 0.6 is 11.3 Å². The third-order valence-corrected chi connectivity index (χ3v) is 4.20. The van der Waals surface area contributed by atoms with Crippen LogP contribution in [0.3, 0.4) is 0 Å². The predicted molar refractivity (Wildman–Crippen MR) is 85.0 cm³/mol. The van der Waals surface area contributed by atoms with Gasteiger partial charge in [0.05, 0.1) is 6.21 Å². The largest absolute Gasteiger partial charge is 0.386 e. The van der Waals surface area contributed by atoms with E-state index in [9.17, 15) is 4.79 Å². The molecule has 1 aromatic carbocycles. The number of benzene rings is 1. The molecule has 0 saturated heterocycles. The van der Waals surface area contributed by atoms with Crippen LogP contribution in [-0.4, -0.2) is 25.3 Å². The first kappa shape index (κ1) is 13.8. The summed E-state index contributed by atoms with van der Waals surface area (Å²) in [4.78, 5) is 20.2. The lowest BCUT2D eigenvalue weighted by molar-refractivity contribution is -0.123. The molecule has 1 aliphatic rings. The van der Waals surface area contributed by atoms with Gasteiger partial charge < -0.3 is 9.74 Å². The normalized spacial score (nSPS) is 14.2. The van der Waals surface area contributed by atoms with Crippen molar-refractivity contribution in [2.45, 2.75) is 12.8 Å². The van der Waals surface area contributed by atoms with Crippen molar-refractivity contribution >= 4 is 29.1 Å². The molecule has 1 aliphatic heterocycles. The van der Waals surface area contributed by atoms with Crippen molar-refractivity contribution in [3.63, 3.8) is 0 Å². The molecule has 108 valence electrons. The van der Waals surface area contributed by atoms with E-state index in [1.54, 1.807) is 22.5 Å². The van der Waals surface area contributed by atoms with Crippen LogP contribution in [0.1, 0.15) is 16.9 Å². The Kier molecular flexibility index (Phi) is 4.31. The van der Waals surface area contributed by atoms with Crippen LogP contribution < -0.4 is 4.90 Å². The third kappa shape index (κ3) is 3.31. The van der Waals surface area contributed by atoms with E-state index in [1.165, 1.54) is 5.56 Å². The number of thiophene rings is 1. The lowest BCUT2D eigenvalue weighted by Crippen LogP contribution is -2.37. The number of carbonyl (C=O) groups excluding carboxylic acids is 1. The zero-order valence-corrected chi connectivity index (χ0v) is 12.4. The standard InChI is InChI=1S/C16H16N2O2S/c19-16(12-20-17-11-14-7-4-10-21-14)18-9-3-6-13-5-1-2-8-15(13)18/h1-2,4-5,7-8,10-11H,3,6,9,12H2. The summed E-state index contributed by atoms with van der Waals surface area (Å²) in [6, 6.07) is 11.9. The molecule has 5 heteroatoms. The van der Waals surface area contributed by atoms with E-state index < -0.39 is 0 Å². The summed E-state index contributed by atoms with van der Waals surface area (Å²) < 4.78 is 0. The zero-order valence-electron chi connectivity index (χ0n) is 11.6. The van der Waals surface area contributed by atoms with E-state index in [4.69, 9.17) is 4.84 Å². The second-order valence-electron chi connectivity index (χ2n) is 4.80. The minimum absolute atomic E-state index is 0.0315. The van der Waals surface area contributed by atoms with Gasteiger partial charge in [0.2, 0.25) is 0 Å². The van der Waals surface area contributed by atoms with Gasteiger partial charge in [-0.3, -0.25) is 4.79 Å². The van der Waals surface area contributed by atoms with Gasteiger partial charge in [0.15, 0.2) is 6.61 Å². The fraction of sp³-hybridized carbons (Fsp3) is 0.250. The van der Waals surface area contributed by atoms with E-state index in [0.717, 1.165) is 30.0 Å². The number of aryl methyl sites for hydroxylation is 1. The molecule has 3 rings (SSSR count). The molecule has 0 atom stereocenters. The van der Waals surface area contributed by atoms with Crippen LogP contribution in [0.15, 0.2) is 46.9 Å². The highest BCUT2D eigenvalue weighted by atomic mass is 32.1. The molecule has 0 N–H and O–H groups in total. The molecule has 0 spiro atoms. The minimum Gasteiger partial charge on any atom is -0.386 e. The number of carbonyl (C=O) groups is 1. The van der Waals surface area contributed by atoms with E-state index in [-0.39, 0.29) is 12.5 Å². The Balaban J connectivity index is 1.59. The molecule has 0 unspecified atom stereocenters. The van der Waals surface area contributed by atoms with E-state index in [2.05, 4.69) is 11.2 Å². The van der Waals surface area contributed by atoms with Gasteiger partial charge in [0.25, 0.3) is 5.91 Å². The number of fused-ring (bicyclic) bond motifs is 1. The zero-order chi connectivity index (χ0) is 14.5. The number of hydrogen-bond donors (Lipinski definition) is 0. The Bertz CT molecular complexity index is 637. The highest BCUT2D eigenvalue weighted by molar-refractivity contribution is 7.11. The molecule has 1 amide bonds. The van der Waals surface area contributed by atoms with Crippen LogP contribution in [0.2, 0.25) is 0 Å². The van der Waals surface area contributed by atoms with Crippen molar-refractivity contribution in [1.82, 2.24) is 0 Å². The summed E-state index contributed by atoms with van der Waals surface area (Å²) in [5.74, 6) is -0.0505. The number of amides is 1. The number of oxime groups is 1. The number of rotatable bonds is 4. The highest BCUT2D eigenvalue weighted by Crippen LogP contribution is 2.26. The van der Waals surface area contributed by atoms with Gasteiger partial charge in [-0.15, -0.1) is 11.3 Å². The number of para-hydroxylation sites is 1. The van der Waals surface area contributed by atoms with Gasteiger partial charge >= 0.3 is 0 Å². The molecule has 1 aromatic heterocycles. The van der Waals surface area contributed by atoms with Crippen LogP contribution in [0.25, 0.3) is 0 Å². The van der Waals surface area contributed by atoms with Gasteiger partial charge in [-0.2, -0.15) is 0 Å². The summed E-state index contributed by atoms with van der Waals surface area (Å²) in [7, 11) is 0. The van der Waals surface area contributed by atoms with Crippen molar-refractivity contribution in [3.05, 3.63) is 52.2 Å². The molecule has 0 bridgehead atoms. The molecular formula is C16H16N2O2S. The Morgan fingerprint density at radius 2 is 2.24 bits per heavy atom. The molecule has 0 aliphatic carbocycles. The van der Waals surface area contributed by atoms with Crippen LogP contribution in [0.4, 0.5) is 5.69 Å². The maximum atomic E-state index is 12.3. The molecule has 2 aromatic rings. The van der Waals surface area contributed by atoms with Crippen molar-refractivity contribution < 1.29 is 9.63 Å². The average molecular weight is 300 g/mol. The first-order valence-electron chi connectivity index (χ1n) is 6.92. The smallest absolute Gasteiger partial charge is 0.267 e. The molecular weight excluding hydrogens is 284 g/mol. The predicted octanol–water partition coefficient (Wildman–Crippen LogP) is 3.08. The first-order valence-corrected chi connectivity index (χ1v) is 7.79. The lowest BCUT2D eigenvalue weighted by Gasteiger charge is -2.28. The molecule has 0 fully saturated rings. The number of hydrogen-bond acceptors (Lipinski definition) is 4. The summed E-state index contributed by atoms with van der Waals surface area (Å²) in [5, 5.41) is 5.81. The van der Waals surface area contributed by atoms with Gasteiger partial charge in [-0.25, -0.2) is 0 Å². The SMILES string of the molecule is O=C(CON=Cc1cccs1)N1CCCc2ccccc21. The third-order valence-electron chi connectivity index (χ3n) is 3.40. The molecule has 4 nitrogen and oxygen atoms in total. The van der Waals surface area contributed by atoms with Crippen LogP contribution in [-0.2, 0) is 16.1 Å². The van der Waals surface area contributed by atoms with E-state index in [1.807, 2.05) is 35.7 Å². The summed E-state index contributed by atoms with van der Waals surface area (Å²) in [6.07, 6.45) is 3.64. The fourth-order valence-corrected chi connectivity index (χ4v) is 2.99. The van der Waals surface area contributed by atoms with Gasteiger partial charge in [-0.05, 0) is 35.9 Å². The Labute approximate surface area is 127 Å². The Morgan fingerprint density at radius 1 is 1.33 bits per heavy atom. The fourth-order valence-electron chi connectivity index (χ4n) is 2.42. The molecule has 2 heterocycles. The minimum atomic E-state index is -0.0505. The maximum absolute atomic E-state index is 12.3. The van der Waals surface area contributed by atoms with Crippen LogP contribution in [0.5, 0.6) is 0 Å². The molecule has 0 saturated carbocycles. The summed E-state index contributed by atoms with van der Waals surface area (Å²) in [6.45, 7) is 0.712. The molecule has 21 heavy (non-hydrogen) atoms. The number of anilines is 1. The van der Waals surface area contributed by atoms with Gasteiger partial charge in [0, 0.05) is 17.1 Å². The van der Waals surface area contributed by atoms with Gasteiger partial charge in [-0.1, -0.05) is 29.4 Å². The Hall–Kier alpha value is -2.14. The van der Waals surface area contributed by atoms with Crippen molar-refractivity contribution in [2.24, 2.45) is 5.16 Å². The maximum Gasteiger partial charge on any atom is 0.267 e. The Morgan fingerprint density at radius 3 is 3.10 bits per heavy atom. The van der Waals surface area contributed by atoms with Crippen molar-refractivity contribution in [2.75, 3.05) is 18.1 Å². The highest BCUT2D eigenvalue weighted by Gasteiger charge is 2.22. The van der Waals surface area contributed by atoms with Crippen molar-refractivity contribution in [3.8, 4) is 0 Å². The monoisotopic (exact) mass is 300 g/mol. The number of nitrogens with zero attached hydrogens (tertiary/aromatic N) is 2. The van der Waals surface area contributed by atoms with Crippen LogP contribution in [0, 0.1) is 0 Å². The van der Waals surface area contributed by atoms with E-state index >= 15 is 0 Å². The second kappa shape index (κ2) is 6.54. The molecule has 0 radical (unpaired) electrons. The first-order chi connectivity index (χ1) is 10.3. The van der Waals surface area contributed by atoms with Crippen molar-refractivity contribution in [1.29, 1.82) is 0 Å². The summed E-state index contributed by atoms with van der Waals surface area (Å²) >= 11 is 1.58. The average Bonchev–Trinajstić information content (AvgIpc) is 3.04. The second-order valence-corrected chi connectivity index (χ2v) is 5.78. The van der Waals surface area contributed by atoms with E-state index in [0.29, 0.717) is 0 Å².